The van der Waals surface area contributed by atoms with Gasteiger partial charge in [0.2, 0.25) is 5.91 Å². The molecule has 166 valence electrons. The zero-order valence-corrected chi connectivity index (χ0v) is 18.6. The number of amides is 1. The summed E-state index contributed by atoms with van der Waals surface area (Å²) in [5, 5.41) is 2.00. The predicted molar refractivity (Wildman–Crippen MR) is 121 cm³/mol. The predicted octanol–water partition coefficient (Wildman–Crippen LogP) is 3.23. The molecule has 0 radical (unpaired) electrons. The van der Waals surface area contributed by atoms with Gasteiger partial charge < -0.3 is 14.5 Å². The van der Waals surface area contributed by atoms with Crippen LogP contribution in [-0.4, -0.2) is 53.6 Å². The Bertz CT molecular complexity index is 1080. The van der Waals surface area contributed by atoms with Gasteiger partial charge in [0.05, 0.1) is 31.9 Å². The van der Waals surface area contributed by atoms with Crippen molar-refractivity contribution in [1.82, 2.24) is 14.9 Å². The normalized spacial score (nSPS) is 16.2. The molecule has 4 heterocycles. The lowest BCUT2D eigenvalue weighted by atomic mass is 10.0. The first-order chi connectivity index (χ1) is 15.7. The van der Waals surface area contributed by atoms with Crippen molar-refractivity contribution in [2.24, 2.45) is 0 Å². The smallest absolute Gasteiger partial charge is 0.228 e. The largest absolute Gasteiger partial charge is 0.378 e. The van der Waals surface area contributed by atoms with Crippen LogP contribution in [0.3, 0.4) is 0 Å². The Balaban J connectivity index is 1.42. The molecule has 32 heavy (non-hydrogen) atoms. The molecule has 2 aliphatic rings. The zero-order chi connectivity index (χ0) is 21.9. The van der Waals surface area contributed by atoms with E-state index in [-0.39, 0.29) is 11.7 Å². The van der Waals surface area contributed by atoms with Crippen LogP contribution in [0.5, 0.6) is 0 Å². The summed E-state index contributed by atoms with van der Waals surface area (Å²) in [5.41, 5.74) is 3.03. The van der Waals surface area contributed by atoms with Crippen LogP contribution in [0.2, 0.25) is 0 Å². The van der Waals surface area contributed by atoms with E-state index >= 15 is 0 Å². The third-order valence-electron chi connectivity index (χ3n) is 5.93. The molecule has 1 saturated heterocycles. The maximum Gasteiger partial charge on any atom is 0.228 e. The number of fused-ring (bicyclic) bond motifs is 1. The monoisotopic (exact) mass is 452 g/mol. The Morgan fingerprint density at radius 1 is 1.09 bits per heavy atom. The highest BCUT2D eigenvalue weighted by Gasteiger charge is 2.28. The van der Waals surface area contributed by atoms with E-state index in [2.05, 4.69) is 4.90 Å². The summed E-state index contributed by atoms with van der Waals surface area (Å²) >= 11 is 1.61. The summed E-state index contributed by atoms with van der Waals surface area (Å²) in [4.78, 5) is 28.0. The van der Waals surface area contributed by atoms with E-state index in [4.69, 9.17) is 14.7 Å². The van der Waals surface area contributed by atoms with Crippen molar-refractivity contribution in [3.8, 4) is 0 Å². The van der Waals surface area contributed by atoms with Crippen LogP contribution in [0.1, 0.15) is 27.5 Å². The molecule has 0 saturated carbocycles. The number of anilines is 1. The van der Waals surface area contributed by atoms with Gasteiger partial charge in [-0.05, 0) is 29.1 Å². The molecule has 6 nitrogen and oxygen atoms in total. The number of hydrogen-bond donors (Lipinski definition) is 0. The molecule has 0 atom stereocenters. The van der Waals surface area contributed by atoms with Gasteiger partial charge in [-0.25, -0.2) is 14.4 Å². The number of morpholine rings is 1. The molecule has 0 bridgehead atoms. The second kappa shape index (κ2) is 9.34. The van der Waals surface area contributed by atoms with Crippen LogP contribution in [0, 0.1) is 5.82 Å². The number of thiophene rings is 1. The van der Waals surface area contributed by atoms with Crippen molar-refractivity contribution in [1.29, 1.82) is 0 Å². The minimum absolute atomic E-state index is 0.140. The van der Waals surface area contributed by atoms with Crippen molar-refractivity contribution in [2.75, 3.05) is 37.7 Å². The Labute approximate surface area is 190 Å². The van der Waals surface area contributed by atoms with Gasteiger partial charge in [0.25, 0.3) is 0 Å². The number of ether oxygens (including phenoxy) is 1. The maximum atomic E-state index is 13.3. The summed E-state index contributed by atoms with van der Waals surface area (Å²) in [6, 6.07) is 10.5. The Morgan fingerprint density at radius 2 is 1.91 bits per heavy atom. The molecule has 3 aromatic rings. The van der Waals surface area contributed by atoms with Crippen LogP contribution < -0.4 is 4.90 Å². The van der Waals surface area contributed by atoms with Crippen molar-refractivity contribution in [3.05, 3.63) is 75.1 Å². The molecule has 2 aromatic heterocycles. The number of benzene rings is 1. The molecule has 1 fully saturated rings. The minimum atomic E-state index is -0.249. The molecule has 0 unspecified atom stereocenters. The number of aromatic nitrogens is 2. The van der Waals surface area contributed by atoms with Crippen LogP contribution in [-0.2, 0) is 35.3 Å². The molecule has 8 heteroatoms. The number of carbonyl (C=O) groups is 1. The second-order valence-corrected chi connectivity index (χ2v) is 9.15. The van der Waals surface area contributed by atoms with E-state index in [0.717, 1.165) is 46.4 Å². The number of halogens is 1. The Hall–Kier alpha value is -2.84. The first-order valence-electron chi connectivity index (χ1n) is 10.9. The van der Waals surface area contributed by atoms with Gasteiger partial charge in [0, 0.05) is 42.9 Å². The number of nitrogens with zero attached hydrogens (tertiary/aromatic N) is 4. The van der Waals surface area contributed by atoms with E-state index in [1.54, 1.807) is 23.5 Å². The lowest BCUT2D eigenvalue weighted by molar-refractivity contribution is -0.131. The van der Waals surface area contributed by atoms with Gasteiger partial charge in [-0.15, -0.1) is 11.3 Å². The molecule has 0 aliphatic carbocycles. The molecule has 1 aromatic carbocycles. The average Bonchev–Trinajstić information content (AvgIpc) is 3.33. The molecule has 5 rings (SSSR count). The third-order valence-corrected chi connectivity index (χ3v) is 6.81. The summed E-state index contributed by atoms with van der Waals surface area (Å²) in [5.74, 6) is 1.53. The fourth-order valence-electron chi connectivity index (χ4n) is 4.23. The van der Waals surface area contributed by atoms with Crippen LogP contribution in [0.4, 0.5) is 10.2 Å². The van der Waals surface area contributed by atoms with E-state index in [1.165, 1.54) is 12.1 Å². The molecule has 1 amide bonds. The fourth-order valence-corrected chi connectivity index (χ4v) is 4.93. The standard InChI is InChI=1S/C24H25FN4O2S/c25-18-5-3-17(4-6-18)14-22-26-21-7-8-29(23(30)15-19-2-1-13-32-19)16-20(21)24(27-22)28-9-11-31-12-10-28/h1-6,13H,7-12,14-16H2. The quantitative estimate of drug-likeness (QED) is 0.595. The molecule has 2 aliphatic heterocycles. The molecule has 0 spiro atoms. The lowest BCUT2D eigenvalue weighted by Crippen LogP contribution is -2.41. The summed E-state index contributed by atoms with van der Waals surface area (Å²) in [6.07, 6.45) is 1.69. The SMILES string of the molecule is O=C(Cc1cccs1)N1CCc2nc(Cc3ccc(F)cc3)nc(N3CCOCC3)c2C1. The highest BCUT2D eigenvalue weighted by Crippen LogP contribution is 2.28. The van der Waals surface area contributed by atoms with Crippen LogP contribution in [0.25, 0.3) is 0 Å². The fraction of sp³-hybridized carbons (Fsp3) is 0.375. The zero-order valence-electron chi connectivity index (χ0n) is 17.8. The summed E-state index contributed by atoms with van der Waals surface area (Å²) in [6.45, 7) is 4.04. The summed E-state index contributed by atoms with van der Waals surface area (Å²) < 4.78 is 18.8. The van der Waals surface area contributed by atoms with E-state index in [1.807, 2.05) is 22.4 Å². The molecular formula is C24H25FN4O2S. The summed E-state index contributed by atoms with van der Waals surface area (Å²) in [7, 11) is 0. The number of hydrogen-bond acceptors (Lipinski definition) is 6. The van der Waals surface area contributed by atoms with Crippen LogP contribution >= 0.6 is 11.3 Å². The maximum absolute atomic E-state index is 13.3. The van der Waals surface area contributed by atoms with Crippen molar-refractivity contribution >= 4 is 23.1 Å². The van der Waals surface area contributed by atoms with Gasteiger partial charge in [-0.3, -0.25) is 4.79 Å². The van der Waals surface area contributed by atoms with Gasteiger partial charge in [0.1, 0.15) is 17.5 Å². The highest BCUT2D eigenvalue weighted by molar-refractivity contribution is 7.10. The molecule has 0 N–H and O–H groups in total. The van der Waals surface area contributed by atoms with Gasteiger partial charge in [-0.1, -0.05) is 18.2 Å². The van der Waals surface area contributed by atoms with Crippen molar-refractivity contribution < 1.29 is 13.9 Å². The number of carbonyl (C=O) groups excluding carboxylic acids is 1. The molecular weight excluding hydrogens is 427 g/mol. The second-order valence-electron chi connectivity index (χ2n) is 8.11. The van der Waals surface area contributed by atoms with Gasteiger partial charge in [-0.2, -0.15) is 0 Å². The van der Waals surface area contributed by atoms with Crippen molar-refractivity contribution in [3.63, 3.8) is 0 Å². The Kier molecular flexibility index (Phi) is 6.14. The van der Waals surface area contributed by atoms with Gasteiger partial charge in [0.15, 0.2) is 0 Å². The minimum Gasteiger partial charge on any atom is -0.378 e. The van der Waals surface area contributed by atoms with Gasteiger partial charge >= 0.3 is 0 Å². The Morgan fingerprint density at radius 3 is 2.66 bits per heavy atom. The van der Waals surface area contributed by atoms with E-state index in [9.17, 15) is 9.18 Å². The van der Waals surface area contributed by atoms with Crippen molar-refractivity contribution in [2.45, 2.75) is 25.8 Å². The number of rotatable bonds is 5. The first kappa shape index (κ1) is 21.0. The average molecular weight is 453 g/mol. The van der Waals surface area contributed by atoms with E-state index in [0.29, 0.717) is 45.6 Å². The third kappa shape index (κ3) is 4.66. The van der Waals surface area contributed by atoms with Crippen LogP contribution in [0.15, 0.2) is 41.8 Å². The lowest BCUT2D eigenvalue weighted by Gasteiger charge is -2.34. The highest BCUT2D eigenvalue weighted by atomic mass is 32.1. The topological polar surface area (TPSA) is 58.6 Å². The van der Waals surface area contributed by atoms with E-state index < -0.39 is 0 Å². The first-order valence-corrected chi connectivity index (χ1v) is 11.8.